The molecule has 0 bridgehead atoms. The molecule has 96 valence electrons. The Morgan fingerprint density at radius 3 is 2.74 bits per heavy atom. The summed E-state index contributed by atoms with van der Waals surface area (Å²) >= 11 is 5.98. The number of pyridine rings is 1. The fourth-order valence-corrected chi connectivity index (χ4v) is 1.95. The molecule has 2 rings (SSSR count). The summed E-state index contributed by atoms with van der Waals surface area (Å²) in [5, 5.41) is 12.4. The highest BCUT2D eigenvalue weighted by atomic mass is 35.5. The lowest BCUT2D eigenvalue weighted by Crippen LogP contribution is -2.01. The van der Waals surface area contributed by atoms with Crippen molar-refractivity contribution in [2.75, 3.05) is 5.32 Å². The van der Waals surface area contributed by atoms with Gasteiger partial charge in [-0.1, -0.05) is 11.6 Å². The molecule has 5 heteroatoms. The van der Waals surface area contributed by atoms with E-state index in [-0.39, 0.29) is 0 Å². The number of hydrogen-bond acceptors (Lipinski definition) is 3. The highest BCUT2D eigenvalue weighted by Gasteiger charge is 2.10. The molecule has 0 amide bonds. The van der Waals surface area contributed by atoms with Crippen LogP contribution < -0.4 is 5.32 Å². The third-order valence-electron chi connectivity index (χ3n) is 2.64. The molecule has 0 radical (unpaired) electrons. The van der Waals surface area contributed by atoms with Gasteiger partial charge in [0.15, 0.2) is 0 Å². The molecule has 0 aliphatic heterocycles. The number of benzene rings is 1. The molecule has 1 aromatic heterocycles. The van der Waals surface area contributed by atoms with Crippen molar-refractivity contribution >= 4 is 23.1 Å². The maximum atomic E-state index is 13.2. The van der Waals surface area contributed by atoms with E-state index in [0.717, 1.165) is 11.3 Å². The number of anilines is 2. The number of hydrogen-bond donors (Lipinski definition) is 1. The van der Waals surface area contributed by atoms with Crippen LogP contribution >= 0.6 is 11.6 Å². The van der Waals surface area contributed by atoms with Crippen LogP contribution in [0.25, 0.3) is 0 Å². The zero-order chi connectivity index (χ0) is 14.0. The van der Waals surface area contributed by atoms with E-state index < -0.39 is 5.82 Å². The van der Waals surface area contributed by atoms with Gasteiger partial charge in [-0.2, -0.15) is 5.26 Å². The van der Waals surface area contributed by atoms with E-state index in [1.807, 2.05) is 19.9 Å². The molecule has 0 saturated carbocycles. The number of aromatic nitrogens is 1. The summed E-state index contributed by atoms with van der Waals surface area (Å²) in [5.41, 5.74) is 2.39. The maximum absolute atomic E-state index is 13.2. The van der Waals surface area contributed by atoms with Gasteiger partial charge in [-0.15, -0.1) is 0 Å². The number of aryl methyl sites for hydroxylation is 2. The van der Waals surface area contributed by atoms with Gasteiger partial charge in [0.25, 0.3) is 0 Å². The minimum Gasteiger partial charge on any atom is -0.338 e. The van der Waals surface area contributed by atoms with Crippen LogP contribution in [0.15, 0.2) is 24.3 Å². The molecule has 1 aromatic carbocycles. The van der Waals surface area contributed by atoms with Crippen molar-refractivity contribution < 1.29 is 4.39 Å². The topological polar surface area (TPSA) is 48.7 Å². The predicted octanol–water partition coefficient (Wildman–Crippen LogP) is 4.11. The van der Waals surface area contributed by atoms with Crippen LogP contribution in [0.4, 0.5) is 15.9 Å². The molecule has 1 heterocycles. The van der Waals surface area contributed by atoms with Gasteiger partial charge in [-0.25, -0.2) is 9.37 Å². The molecule has 2 aromatic rings. The molecule has 0 fully saturated rings. The fraction of sp³-hybridized carbons (Fsp3) is 0.143. The quantitative estimate of drug-likeness (QED) is 0.897. The second-order valence-electron chi connectivity index (χ2n) is 4.17. The Kier molecular flexibility index (Phi) is 3.68. The Bertz CT molecular complexity index is 677. The van der Waals surface area contributed by atoms with E-state index in [4.69, 9.17) is 16.9 Å². The lowest BCUT2D eigenvalue weighted by molar-refractivity contribution is 0.628. The highest BCUT2D eigenvalue weighted by molar-refractivity contribution is 6.33. The maximum Gasteiger partial charge on any atom is 0.148 e. The van der Waals surface area contributed by atoms with Crippen LogP contribution in [0.5, 0.6) is 0 Å². The van der Waals surface area contributed by atoms with Gasteiger partial charge in [-0.05, 0) is 43.7 Å². The number of halogens is 2. The highest BCUT2D eigenvalue weighted by Crippen LogP contribution is 2.28. The van der Waals surface area contributed by atoms with E-state index in [2.05, 4.69) is 16.4 Å². The summed E-state index contributed by atoms with van der Waals surface area (Å²) in [6.07, 6.45) is 0. The summed E-state index contributed by atoms with van der Waals surface area (Å²) in [5.74, 6) is -0.0257. The van der Waals surface area contributed by atoms with E-state index in [1.165, 1.54) is 18.2 Å². The Morgan fingerprint density at radius 1 is 1.32 bits per heavy atom. The van der Waals surface area contributed by atoms with Gasteiger partial charge < -0.3 is 5.32 Å². The minimum absolute atomic E-state index is 0.367. The molecule has 0 unspecified atom stereocenters. The SMILES string of the molecule is Cc1cc(C)c(C#N)c(Nc2cc(F)ccc2Cl)n1. The molecular formula is C14H11ClFN3. The molecule has 0 spiro atoms. The second-order valence-corrected chi connectivity index (χ2v) is 4.57. The van der Waals surface area contributed by atoms with Gasteiger partial charge in [0.1, 0.15) is 17.7 Å². The monoisotopic (exact) mass is 275 g/mol. The molecule has 0 saturated heterocycles. The number of rotatable bonds is 2. The first-order valence-corrected chi connectivity index (χ1v) is 5.99. The van der Waals surface area contributed by atoms with E-state index >= 15 is 0 Å². The molecule has 0 aliphatic carbocycles. The standard InChI is InChI=1S/C14H11ClFN3/c1-8-5-9(2)18-14(11(8)7-17)19-13-6-10(16)3-4-12(13)15/h3-6H,1-2H3,(H,18,19). The summed E-state index contributed by atoms with van der Waals surface area (Å²) in [6, 6.07) is 7.89. The van der Waals surface area contributed by atoms with Gasteiger partial charge in [0.05, 0.1) is 16.3 Å². The van der Waals surface area contributed by atoms with E-state index in [1.54, 1.807) is 0 Å². The predicted molar refractivity (Wildman–Crippen MR) is 73.1 cm³/mol. The van der Waals surface area contributed by atoms with Crippen molar-refractivity contribution in [3.8, 4) is 6.07 Å². The number of nitrogens with one attached hydrogen (secondary N) is 1. The van der Waals surface area contributed by atoms with Gasteiger partial charge in [-0.3, -0.25) is 0 Å². The van der Waals surface area contributed by atoms with Gasteiger partial charge in [0, 0.05) is 5.69 Å². The number of nitrogens with zero attached hydrogens (tertiary/aromatic N) is 2. The van der Waals surface area contributed by atoms with Crippen molar-refractivity contribution in [2.45, 2.75) is 13.8 Å². The Balaban J connectivity index is 2.49. The van der Waals surface area contributed by atoms with Crippen molar-refractivity contribution in [1.82, 2.24) is 4.98 Å². The lowest BCUT2D eigenvalue weighted by atomic mass is 10.1. The van der Waals surface area contributed by atoms with Crippen LogP contribution in [0.1, 0.15) is 16.8 Å². The first-order valence-electron chi connectivity index (χ1n) is 5.61. The third-order valence-corrected chi connectivity index (χ3v) is 2.97. The number of nitriles is 1. The fourth-order valence-electron chi connectivity index (χ4n) is 1.79. The van der Waals surface area contributed by atoms with E-state index in [9.17, 15) is 4.39 Å². The first kappa shape index (κ1) is 13.3. The van der Waals surface area contributed by atoms with Crippen LogP contribution in [0.3, 0.4) is 0 Å². The second kappa shape index (κ2) is 5.25. The summed E-state index contributed by atoms with van der Waals surface area (Å²) in [6.45, 7) is 3.65. The summed E-state index contributed by atoms with van der Waals surface area (Å²) < 4.78 is 13.2. The molecule has 0 aliphatic rings. The van der Waals surface area contributed by atoms with Crippen molar-refractivity contribution in [1.29, 1.82) is 5.26 Å². The van der Waals surface area contributed by atoms with Crippen LogP contribution in [0.2, 0.25) is 5.02 Å². The lowest BCUT2D eigenvalue weighted by Gasteiger charge is -2.11. The van der Waals surface area contributed by atoms with Gasteiger partial charge in [0.2, 0.25) is 0 Å². The van der Waals surface area contributed by atoms with Crippen molar-refractivity contribution in [3.63, 3.8) is 0 Å². The average Bonchev–Trinajstić information content (AvgIpc) is 2.33. The Morgan fingerprint density at radius 2 is 2.05 bits per heavy atom. The minimum atomic E-state index is -0.408. The van der Waals surface area contributed by atoms with Crippen LogP contribution in [-0.4, -0.2) is 4.98 Å². The Hall–Kier alpha value is -2.12. The summed E-state index contributed by atoms with van der Waals surface area (Å²) in [7, 11) is 0. The molecular weight excluding hydrogens is 265 g/mol. The average molecular weight is 276 g/mol. The largest absolute Gasteiger partial charge is 0.338 e. The molecule has 0 atom stereocenters. The molecule has 1 N–H and O–H groups in total. The zero-order valence-electron chi connectivity index (χ0n) is 10.5. The van der Waals surface area contributed by atoms with Gasteiger partial charge >= 0.3 is 0 Å². The van der Waals surface area contributed by atoms with E-state index in [0.29, 0.717) is 22.1 Å². The molecule has 3 nitrogen and oxygen atoms in total. The Labute approximate surface area is 115 Å². The van der Waals surface area contributed by atoms with Crippen molar-refractivity contribution in [3.05, 3.63) is 51.9 Å². The third kappa shape index (κ3) is 2.83. The summed E-state index contributed by atoms with van der Waals surface area (Å²) in [4.78, 5) is 4.26. The van der Waals surface area contributed by atoms with Crippen molar-refractivity contribution in [2.24, 2.45) is 0 Å². The van der Waals surface area contributed by atoms with Crippen LogP contribution in [0, 0.1) is 31.0 Å². The smallest absolute Gasteiger partial charge is 0.148 e. The first-order chi connectivity index (χ1) is 9.01. The normalized spacial score (nSPS) is 10.1. The molecule has 19 heavy (non-hydrogen) atoms. The van der Waals surface area contributed by atoms with Crippen LogP contribution in [-0.2, 0) is 0 Å². The zero-order valence-corrected chi connectivity index (χ0v) is 11.2.